The zero-order valence-electron chi connectivity index (χ0n) is 12.7. The average Bonchev–Trinajstić information content (AvgIpc) is 2.46. The highest BCUT2D eigenvalue weighted by molar-refractivity contribution is 9.09. The van der Waals surface area contributed by atoms with E-state index < -0.39 is 0 Å². The molecule has 0 N–H and O–H groups in total. The Bertz CT molecular complexity index is 249. The molecule has 3 heteroatoms. The van der Waals surface area contributed by atoms with Crippen molar-refractivity contribution in [3.05, 3.63) is 0 Å². The molecule has 0 bridgehead atoms. The molecule has 0 unspecified atom stereocenters. The topological polar surface area (TPSA) is 20.3 Å². The molecule has 0 aliphatic heterocycles. The van der Waals surface area contributed by atoms with Crippen LogP contribution in [0.1, 0.15) is 65.2 Å². The van der Waals surface area contributed by atoms with E-state index in [0.717, 1.165) is 43.6 Å². The van der Waals surface area contributed by atoms with Gasteiger partial charge in [-0.25, -0.2) is 0 Å². The van der Waals surface area contributed by atoms with Crippen molar-refractivity contribution in [3.8, 4) is 0 Å². The molecule has 1 saturated carbocycles. The van der Waals surface area contributed by atoms with Gasteiger partial charge in [0.15, 0.2) is 0 Å². The molecular weight excluding hydrogens is 302 g/mol. The molecule has 0 aromatic carbocycles. The number of alkyl halides is 1. The number of carbonyl (C=O) groups excluding carboxylic acids is 1. The second kappa shape index (κ2) is 9.79. The van der Waals surface area contributed by atoms with Gasteiger partial charge in [0.05, 0.1) is 0 Å². The van der Waals surface area contributed by atoms with Crippen LogP contribution in [-0.4, -0.2) is 29.2 Å². The second-order valence-corrected chi connectivity index (χ2v) is 6.61. The molecule has 0 heterocycles. The molecule has 2 nitrogen and oxygen atoms in total. The Morgan fingerprint density at radius 3 is 2.37 bits per heavy atom. The highest BCUT2D eigenvalue weighted by Gasteiger charge is 2.28. The molecule has 112 valence electrons. The molecule has 0 atom stereocenters. The Hall–Kier alpha value is -0.0500. The summed E-state index contributed by atoms with van der Waals surface area (Å²) in [5, 5.41) is 0.987. The fraction of sp³-hybridized carbons (Fsp3) is 0.938. The number of unbranched alkanes of at least 4 members (excludes halogenated alkanes) is 1. The maximum atomic E-state index is 12.5. The summed E-state index contributed by atoms with van der Waals surface area (Å²) in [5.74, 6) is 1.62. The zero-order valence-corrected chi connectivity index (χ0v) is 14.3. The van der Waals surface area contributed by atoms with Crippen molar-refractivity contribution in [1.82, 2.24) is 4.90 Å². The van der Waals surface area contributed by atoms with Crippen LogP contribution in [0.25, 0.3) is 0 Å². The van der Waals surface area contributed by atoms with Gasteiger partial charge in [0.25, 0.3) is 0 Å². The Balaban J connectivity index is 2.34. The number of rotatable bonds is 8. The molecular formula is C16H30BrNO. The van der Waals surface area contributed by atoms with Crippen LogP contribution in [0.15, 0.2) is 0 Å². The van der Waals surface area contributed by atoms with Crippen LogP contribution in [0.2, 0.25) is 0 Å². The van der Waals surface area contributed by atoms with Gasteiger partial charge in [-0.15, -0.1) is 0 Å². The van der Waals surface area contributed by atoms with Crippen LogP contribution in [0.4, 0.5) is 0 Å². The van der Waals surface area contributed by atoms with E-state index in [2.05, 4.69) is 34.7 Å². The van der Waals surface area contributed by atoms with Crippen molar-refractivity contribution >= 4 is 21.8 Å². The standard InChI is InChI=1S/C16H30BrNO/c1-3-5-7-14-8-10-15(11-9-14)16(19)18(4-2)13-6-12-17/h14-15H,3-13H2,1-2H3. The lowest BCUT2D eigenvalue weighted by atomic mass is 9.79. The van der Waals surface area contributed by atoms with Crippen LogP contribution in [0, 0.1) is 11.8 Å². The third-order valence-electron chi connectivity index (χ3n) is 4.42. The van der Waals surface area contributed by atoms with Crippen LogP contribution >= 0.6 is 15.9 Å². The minimum atomic E-state index is 0.313. The SMILES string of the molecule is CCCCC1CCC(C(=O)N(CC)CCCBr)CC1. The fourth-order valence-corrected chi connectivity index (χ4v) is 3.37. The molecule has 1 aliphatic carbocycles. The molecule has 0 aromatic rings. The van der Waals surface area contributed by atoms with E-state index in [-0.39, 0.29) is 0 Å². The third-order valence-corrected chi connectivity index (χ3v) is 4.98. The Morgan fingerprint density at radius 2 is 1.84 bits per heavy atom. The van der Waals surface area contributed by atoms with Gasteiger partial charge in [-0.05, 0) is 44.9 Å². The van der Waals surface area contributed by atoms with E-state index in [1.807, 2.05) is 0 Å². The lowest BCUT2D eigenvalue weighted by Gasteiger charge is -2.31. The predicted molar refractivity (Wildman–Crippen MR) is 85.6 cm³/mol. The Labute approximate surface area is 127 Å². The van der Waals surface area contributed by atoms with Crippen molar-refractivity contribution in [2.75, 3.05) is 18.4 Å². The van der Waals surface area contributed by atoms with Crippen molar-refractivity contribution in [3.63, 3.8) is 0 Å². The first-order chi connectivity index (χ1) is 9.22. The van der Waals surface area contributed by atoms with E-state index in [1.165, 1.54) is 32.1 Å². The van der Waals surface area contributed by atoms with E-state index in [4.69, 9.17) is 0 Å². The summed E-state index contributed by atoms with van der Waals surface area (Å²) in [7, 11) is 0. The maximum Gasteiger partial charge on any atom is 0.225 e. The minimum absolute atomic E-state index is 0.313. The Kier molecular flexibility index (Phi) is 8.76. The van der Waals surface area contributed by atoms with Crippen molar-refractivity contribution in [1.29, 1.82) is 0 Å². The number of carbonyl (C=O) groups is 1. The van der Waals surface area contributed by atoms with Gasteiger partial charge in [0.2, 0.25) is 5.91 Å². The fourth-order valence-electron chi connectivity index (χ4n) is 3.12. The van der Waals surface area contributed by atoms with Gasteiger partial charge in [-0.1, -0.05) is 42.1 Å². The molecule has 0 aromatic heterocycles. The summed E-state index contributed by atoms with van der Waals surface area (Å²) in [6, 6.07) is 0. The van der Waals surface area contributed by atoms with Crippen LogP contribution in [-0.2, 0) is 4.79 Å². The van der Waals surface area contributed by atoms with E-state index in [1.54, 1.807) is 0 Å². The molecule has 1 amide bonds. The van der Waals surface area contributed by atoms with Gasteiger partial charge >= 0.3 is 0 Å². The monoisotopic (exact) mass is 331 g/mol. The van der Waals surface area contributed by atoms with E-state index in [0.29, 0.717) is 11.8 Å². The number of hydrogen-bond acceptors (Lipinski definition) is 1. The highest BCUT2D eigenvalue weighted by Crippen LogP contribution is 2.32. The molecule has 1 fully saturated rings. The van der Waals surface area contributed by atoms with Gasteiger partial charge in [0.1, 0.15) is 0 Å². The van der Waals surface area contributed by atoms with Crippen molar-refractivity contribution in [2.45, 2.75) is 65.2 Å². The summed E-state index contributed by atoms with van der Waals surface area (Å²) in [6.45, 7) is 6.13. The van der Waals surface area contributed by atoms with Crippen molar-refractivity contribution < 1.29 is 4.79 Å². The second-order valence-electron chi connectivity index (χ2n) is 5.82. The number of halogens is 1. The summed E-state index contributed by atoms with van der Waals surface area (Å²) < 4.78 is 0. The first kappa shape index (κ1) is 17.0. The number of nitrogens with zero attached hydrogens (tertiary/aromatic N) is 1. The third kappa shape index (κ3) is 5.85. The van der Waals surface area contributed by atoms with Gasteiger partial charge in [-0.3, -0.25) is 4.79 Å². The van der Waals surface area contributed by atoms with Crippen LogP contribution < -0.4 is 0 Å². The minimum Gasteiger partial charge on any atom is -0.343 e. The smallest absolute Gasteiger partial charge is 0.225 e. The Morgan fingerprint density at radius 1 is 1.16 bits per heavy atom. The molecule has 0 radical (unpaired) electrons. The zero-order chi connectivity index (χ0) is 14.1. The van der Waals surface area contributed by atoms with Crippen LogP contribution in [0.5, 0.6) is 0 Å². The summed E-state index contributed by atoms with van der Waals surface area (Å²) >= 11 is 3.45. The molecule has 19 heavy (non-hydrogen) atoms. The normalized spacial score (nSPS) is 23.3. The highest BCUT2D eigenvalue weighted by atomic mass is 79.9. The summed E-state index contributed by atoms with van der Waals surface area (Å²) in [4.78, 5) is 14.5. The molecule has 0 saturated heterocycles. The first-order valence-electron chi connectivity index (χ1n) is 8.07. The molecule has 1 aliphatic rings. The van der Waals surface area contributed by atoms with Gasteiger partial charge in [0, 0.05) is 24.3 Å². The van der Waals surface area contributed by atoms with Crippen molar-refractivity contribution in [2.24, 2.45) is 11.8 Å². The quantitative estimate of drug-likeness (QED) is 0.594. The van der Waals surface area contributed by atoms with E-state index in [9.17, 15) is 4.79 Å². The number of amides is 1. The lowest BCUT2D eigenvalue weighted by molar-refractivity contribution is -0.136. The lowest BCUT2D eigenvalue weighted by Crippen LogP contribution is -2.38. The predicted octanol–water partition coefficient (Wildman–Crippen LogP) is 4.62. The first-order valence-corrected chi connectivity index (χ1v) is 9.19. The molecule has 0 spiro atoms. The number of hydrogen-bond donors (Lipinski definition) is 0. The largest absolute Gasteiger partial charge is 0.343 e. The summed E-state index contributed by atoms with van der Waals surface area (Å²) in [6.07, 6.45) is 9.88. The van der Waals surface area contributed by atoms with Gasteiger partial charge < -0.3 is 4.90 Å². The summed E-state index contributed by atoms with van der Waals surface area (Å²) in [5.41, 5.74) is 0. The maximum absolute atomic E-state index is 12.5. The van der Waals surface area contributed by atoms with Gasteiger partial charge in [-0.2, -0.15) is 0 Å². The molecule has 1 rings (SSSR count). The average molecular weight is 332 g/mol. The van der Waals surface area contributed by atoms with Crippen LogP contribution in [0.3, 0.4) is 0 Å². The van der Waals surface area contributed by atoms with E-state index >= 15 is 0 Å².